The molecular formula is C26H41N3O4S. The molecule has 7 atom stereocenters. The van der Waals surface area contributed by atoms with Crippen LogP contribution in [0.25, 0.3) is 0 Å². The van der Waals surface area contributed by atoms with Gasteiger partial charge in [0.15, 0.2) is 0 Å². The highest BCUT2D eigenvalue weighted by Crippen LogP contribution is 2.69. The van der Waals surface area contributed by atoms with Crippen molar-refractivity contribution >= 4 is 29.5 Å². The Hall–Kier alpha value is -1.80. The first-order valence-corrected chi connectivity index (χ1v) is 13.2. The van der Waals surface area contributed by atoms with Gasteiger partial charge in [0.25, 0.3) is 0 Å². The number of hydrogen-bond donors (Lipinski definition) is 1. The van der Waals surface area contributed by atoms with Crippen molar-refractivity contribution in [1.29, 1.82) is 0 Å². The zero-order valence-corrected chi connectivity index (χ0v) is 22.3. The summed E-state index contributed by atoms with van der Waals surface area (Å²) in [5, 5.41) is 10.3. The molecule has 190 valence electrons. The number of nitrogens with zero attached hydrogens (tertiary/aromatic N) is 3. The zero-order chi connectivity index (χ0) is 25.5. The van der Waals surface area contributed by atoms with Crippen molar-refractivity contribution in [2.24, 2.45) is 23.7 Å². The van der Waals surface area contributed by atoms with E-state index in [1.165, 1.54) is 0 Å². The predicted octanol–water partition coefficient (Wildman–Crippen LogP) is 2.41. The van der Waals surface area contributed by atoms with Gasteiger partial charge in [-0.05, 0) is 32.1 Å². The Morgan fingerprint density at radius 1 is 1.21 bits per heavy atom. The number of aliphatic hydroxyl groups is 1. The van der Waals surface area contributed by atoms with Crippen molar-refractivity contribution in [3.05, 3.63) is 25.3 Å². The summed E-state index contributed by atoms with van der Waals surface area (Å²) in [6.07, 6.45) is 4.18. The molecule has 3 unspecified atom stereocenters. The first-order valence-electron chi connectivity index (χ1n) is 12.4. The average Bonchev–Trinajstić information content (AvgIpc) is 3.35. The molecule has 0 saturated carbocycles. The molecule has 3 aliphatic rings. The van der Waals surface area contributed by atoms with E-state index in [1.54, 1.807) is 45.7 Å². The van der Waals surface area contributed by atoms with Crippen molar-refractivity contribution in [3.8, 4) is 0 Å². The minimum Gasteiger partial charge on any atom is -0.394 e. The number of hydrogen-bond acceptors (Lipinski definition) is 5. The Bertz CT molecular complexity index is 846. The van der Waals surface area contributed by atoms with Crippen LogP contribution in [-0.2, 0) is 14.4 Å². The minimum absolute atomic E-state index is 0.000281. The van der Waals surface area contributed by atoms with Crippen molar-refractivity contribution in [3.63, 3.8) is 0 Å². The third-order valence-corrected chi connectivity index (χ3v) is 10.1. The largest absolute Gasteiger partial charge is 0.394 e. The van der Waals surface area contributed by atoms with E-state index in [1.807, 2.05) is 27.7 Å². The van der Waals surface area contributed by atoms with Gasteiger partial charge in [0.05, 0.1) is 29.2 Å². The summed E-state index contributed by atoms with van der Waals surface area (Å²) in [6.45, 7) is 18.1. The predicted molar refractivity (Wildman–Crippen MR) is 136 cm³/mol. The molecule has 3 heterocycles. The number of amides is 3. The molecule has 3 fully saturated rings. The number of carbonyl (C=O) groups excluding carboxylic acids is 3. The second kappa shape index (κ2) is 10.1. The Kier molecular flexibility index (Phi) is 7.92. The molecule has 2 bridgehead atoms. The zero-order valence-electron chi connectivity index (χ0n) is 21.4. The summed E-state index contributed by atoms with van der Waals surface area (Å²) in [4.78, 5) is 47.1. The highest BCUT2D eigenvalue weighted by molar-refractivity contribution is 8.02. The van der Waals surface area contributed by atoms with Crippen molar-refractivity contribution in [2.75, 3.05) is 26.7 Å². The monoisotopic (exact) mass is 491 g/mol. The van der Waals surface area contributed by atoms with Gasteiger partial charge in [-0.3, -0.25) is 14.4 Å². The molecule has 7 nitrogen and oxygen atoms in total. The van der Waals surface area contributed by atoms with Crippen LogP contribution in [0.3, 0.4) is 0 Å². The third-order valence-electron chi connectivity index (χ3n) is 8.03. The number of rotatable bonds is 10. The van der Waals surface area contributed by atoms with E-state index >= 15 is 0 Å². The molecule has 1 spiro atoms. The Balaban J connectivity index is 2.17. The first-order chi connectivity index (χ1) is 16.0. The highest BCUT2D eigenvalue weighted by Gasteiger charge is 2.77. The number of likely N-dealkylation sites (N-methyl/N-ethyl adjacent to an activating group) is 1. The Morgan fingerprint density at radius 2 is 1.82 bits per heavy atom. The second-order valence-electron chi connectivity index (χ2n) is 10.7. The Labute approximate surface area is 208 Å². The molecule has 8 heteroatoms. The molecular weight excluding hydrogens is 450 g/mol. The molecule has 0 aromatic rings. The van der Waals surface area contributed by atoms with Crippen molar-refractivity contribution in [2.45, 2.75) is 69.2 Å². The summed E-state index contributed by atoms with van der Waals surface area (Å²) in [5.74, 6) is -1.34. The molecule has 3 rings (SSSR count). The standard InChI is InChI=1S/C26H41N3O4S/c1-9-11-27(8)23(31)20-19-13-17(7)26(34-19)21(20)24(32)29(18(14-30)15(3)4)22(26)25(33)28(12-10-2)16(5)6/h9-10,15-22,30H,1-2,11-14H2,3-8H3/t17?,18-,19-,20+,21-,22?,26?/m0/s1. The van der Waals surface area contributed by atoms with E-state index in [9.17, 15) is 19.5 Å². The van der Waals surface area contributed by atoms with Crippen LogP contribution in [0.2, 0.25) is 0 Å². The van der Waals surface area contributed by atoms with Gasteiger partial charge in [-0.2, -0.15) is 0 Å². The maximum Gasteiger partial charge on any atom is 0.247 e. The van der Waals surface area contributed by atoms with Crippen LogP contribution in [0, 0.1) is 23.7 Å². The van der Waals surface area contributed by atoms with E-state index in [2.05, 4.69) is 20.1 Å². The topological polar surface area (TPSA) is 81.2 Å². The molecule has 0 aliphatic carbocycles. The second-order valence-corrected chi connectivity index (χ2v) is 12.2. The number of likely N-dealkylation sites (tertiary alicyclic amines) is 1. The van der Waals surface area contributed by atoms with Gasteiger partial charge < -0.3 is 19.8 Å². The van der Waals surface area contributed by atoms with Gasteiger partial charge >= 0.3 is 0 Å². The van der Waals surface area contributed by atoms with E-state index < -0.39 is 28.7 Å². The molecule has 34 heavy (non-hydrogen) atoms. The minimum atomic E-state index is -0.723. The molecule has 0 radical (unpaired) electrons. The summed E-state index contributed by atoms with van der Waals surface area (Å²) >= 11 is 1.67. The van der Waals surface area contributed by atoms with Gasteiger partial charge in [-0.1, -0.05) is 32.9 Å². The van der Waals surface area contributed by atoms with Crippen LogP contribution in [0.5, 0.6) is 0 Å². The van der Waals surface area contributed by atoms with E-state index in [-0.39, 0.29) is 47.5 Å². The normalized spacial score (nSPS) is 32.8. The van der Waals surface area contributed by atoms with Crippen molar-refractivity contribution < 1.29 is 19.5 Å². The fourth-order valence-electron chi connectivity index (χ4n) is 6.39. The highest BCUT2D eigenvalue weighted by atomic mass is 32.2. The quantitative estimate of drug-likeness (QED) is 0.475. The van der Waals surface area contributed by atoms with Gasteiger partial charge in [0.2, 0.25) is 17.7 Å². The number of carbonyl (C=O) groups is 3. The van der Waals surface area contributed by atoms with Gasteiger partial charge in [0.1, 0.15) is 6.04 Å². The number of thioether (sulfide) groups is 1. The van der Waals surface area contributed by atoms with Crippen LogP contribution in [-0.4, -0.2) is 92.4 Å². The lowest BCUT2D eigenvalue weighted by atomic mass is 9.65. The SMILES string of the molecule is C=CCN(C)C(=O)[C@@H]1[C@@H]2CC(C)C3(S2)C(C(=O)N(CC=C)C(C)C)N([C@@H](CO)C(C)C)C(=O)[C@H]13. The van der Waals surface area contributed by atoms with Crippen LogP contribution in [0.1, 0.15) is 41.0 Å². The Morgan fingerprint density at radius 3 is 2.32 bits per heavy atom. The molecule has 0 aromatic carbocycles. The molecule has 0 aromatic heterocycles. The molecule has 3 aliphatic heterocycles. The third kappa shape index (κ3) is 3.91. The summed E-state index contributed by atoms with van der Waals surface area (Å²) in [7, 11) is 1.74. The molecule has 3 amide bonds. The molecule has 3 saturated heterocycles. The van der Waals surface area contributed by atoms with Gasteiger partial charge in [-0.25, -0.2) is 0 Å². The van der Waals surface area contributed by atoms with Gasteiger partial charge in [-0.15, -0.1) is 24.9 Å². The van der Waals surface area contributed by atoms with Crippen LogP contribution in [0.15, 0.2) is 25.3 Å². The van der Waals surface area contributed by atoms with Gasteiger partial charge in [0, 0.05) is 31.4 Å². The smallest absolute Gasteiger partial charge is 0.247 e. The fraction of sp³-hybridized carbons (Fsp3) is 0.731. The number of fused-ring (bicyclic) bond motifs is 1. The lowest BCUT2D eigenvalue weighted by Gasteiger charge is -2.43. The first kappa shape index (κ1) is 26.8. The van der Waals surface area contributed by atoms with Crippen LogP contribution < -0.4 is 0 Å². The van der Waals surface area contributed by atoms with Crippen LogP contribution >= 0.6 is 11.8 Å². The lowest BCUT2D eigenvalue weighted by molar-refractivity contribution is -0.148. The fourth-order valence-corrected chi connectivity index (χ4v) is 8.78. The molecule has 1 N–H and O–H groups in total. The summed E-state index contributed by atoms with van der Waals surface area (Å²) in [6, 6.07) is -1.29. The van der Waals surface area contributed by atoms with Crippen LogP contribution in [0.4, 0.5) is 0 Å². The lowest BCUT2D eigenvalue weighted by Crippen LogP contribution is -2.60. The maximum absolute atomic E-state index is 14.2. The summed E-state index contributed by atoms with van der Waals surface area (Å²) < 4.78 is -0.690. The number of aliphatic hydroxyl groups excluding tert-OH is 1. The van der Waals surface area contributed by atoms with E-state index in [4.69, 9.17) is 0 Å². The maximum atomic E-state index is 14.2. The average molecular weight is 492 g/mol. The van der Waals surface area contributed by atoms with E-state index in [0.717, 1.165) is 6.42 Å². The van der Waals surface area contributed by atoms with Crippen molar-refractivity contribution in [1.82, 2.24) is 14.7 Å². The summed E-state index contributed by atoms with van der Waals surface area (Å²) in [5.41, 5.74) is 0. The van der Waals surface area contributed by atoms with E-state index in [0.29, 0.717) is 13.1 Å².